The first-order valence-electron chi connectivity index (χ1n) is 9.17. The van der Waals surface area contributed by atoms with Crippen molar-refractivity contribution >= 4 is 33.2 Å². The van der Waals surface area contributed by atoms with Crippen LogP contribution in [0.1, 0.15) is 21.5 Å². The average Bonchev–Trinajstić information content (AvgIpc) is 2.74. The van der Waals surface area contributed by atoms with Crippen LogP contribution < -0.4 is 4.72 Å². The molecular weight excluding hydrogens is 408 g/mol. The SMILES string of the molecule is O=C(c1cccc(S(=O)(=O)Nc2ccccc2Cl)c1)N1CCc2ccccc2C1. The van der Waals surface area contributed by atoms with Gasteiger partial charge in [0.2, 0.25) is 0 Å². The molecule has 0 spiro atoms. The Bertz CT molecular complexity index is 1180. The lowest BCUT2D eigenvalue weighted by Crippen LogP contribution is -2.36. The van der Waals surface area contributed by atoms with Crippen LogP contribution in [0.2, 0.25) is 5.02 Å². The number of amides is 1. The van der Waals surface area contributed by atoms with Crippen LogP contribution in [0.5, 0.6) is 0 Å². The number of hydrogen-bond donors (Lipinski definition) is 1. The number of halogens is 1. The molecule has 1 aliphatic heterocycles. The van der Waals surface area contributed by atoms with Crippen LogP contribution in [-0.2, 0) is 23.0 Å². The van der Waals surface area contributed by atoms with E-state index in [-0.39, 0.29) is 10.8 Å². The van der Waals surface area contributed by atoms with Gasteiger partial charge in [0.15, 0.2) is 0 Å². The third-order valence-electron chi connectivity index (χ3n) is 4.93. The molecule has 0 fully saturated rings. The third-order valence-corrected chi connectivity index (χ3v) is 6.62. The number of sulfonamides is 1. The summed E-state index contributed by atoms with van der Waals surface area (Å²) in [5.74, 6) is -0.186. The highest BCUT2D eigenvalue weighted by Gasteiger charge is 2.23. The van der Waals surface area contributed by atoms with Gasteiger partial charge in [0.05, 0.1) is 15.6 Å². The van der Waals surface area contributed by atoms with E-state index in [1.807, 2.05) is 18.2 Å². The second-order valence-corrected chi connectivity index (χ2v) is 8.95. The van der Waals surface area contributed by atoms with Crippen molar-refractivity contribution in [3.63, 3.8) is 0 Å². The van der Waals surface area contributed by atoms with Gasteiger partial charge in [-0.15, -0.1) is 0 Å². The molecule has 5 nitrogen and oxygen atoms in total. The standard InChI is InChI=1S/C22H19ClN2O3S/c23-20-10-3-4-11-21(20)24-29(27,28)19-9-5-8-17(14-19)22(26)25-13-12-16-6-1-2-7-18(16)15-25/h1-11,14,24H,12-13,15H2. The largest absolute Gasteiger partial charge is 0.334 e. The van der Waals surface area contributed by atoms with Crippen LogP contribution in [0.3, 0.4) is 0 Å². The molecule has 148 valence electrons. The van der Waals surface area contributed by atoms with Crippen molar-refractivity contribution in [1.29, 1.82) is 0 Å². The summed E-state index contributed by atoms with van der Waals surface area (Å²) < 4.78 is 28.0. The molecule has 7 heteroatoms. The van der Waals surface area contributed by atoms with Crippen LogP contribution in [0.4, 0.5) is 5.69 Å². The molecule has 29 heavy (non-hydrogen) atoms. The number of nitrogens with one attached hydrogen (secondary N) is 1. The zero-order valence-corrected chi connectivity index (χ0v) is 17.1. The van der Waals surface area contributed by atoms with E-state index in [1.165, 1.54) is 17.7 Å². The van der Waals surface area contributed by atoms with Gasteiger partial charge in [-0.3, -0.25) is 9.52 Å². The van der Waals surface area contributed by atoms with Gasteiger partial charge in [-0.2, -0.15) is 0 Å². The number of carbonyl (C=O) groups excluding carboxylic acids is 1. The van der Waals surface area contributed by atoms with Crippen molar-refractivity contribution in [3.05, 3.63) is 94.5 Å². The van der Waals surface area contributed by atoms with E-state index in [9.17, 15) is 13.2 Å². The Balaban J connectivity index is 1.57. The van der Waals surface area contributed by atoms with Gasteiger partial charge < -0.3 is 4.90 Å². The van der Waals surface area contributed by atoms with E-state index in [0.717, 1.165) is 12.0 Å². The van der Waals surface area contributed by atoms with Crippen molar-refractivity contribution in [2.24, 2.45) is 0 Å². The second kappa shape index (κ2) is 7.89. The lowest BCUT2D eigenvalue weighted by atomic mass is 9.99. The summed E-state index contributed by atoms with van der Waals surface area (Å²) in [5.41, 5.74) is 3.00. The topological polar surface area (TPSA) is 66.5 Å². The maximum Gasteiger partial charge on any atom is 0.261 e. The number of hydrogen-bond acceptors (Lipinski definition) is 3. The average molecular weight is 427 g/mol. The Morgan fingerprint density at radius 1 is 0.931 bits per heavy atom. The van der Waals surface area contributed by atoms with Gasteiger partial charge in [0.1, 0.15) is 0 Å². The summed E-state index contributed by atoms with van der Waals surface area (Å²) in [6.45, 7) is 1.12. The van der Waals surface area contributed by atoms with Gasteiger partial charge in [-0.05, 0) is 47.9 Å². The van der Waals surface area contributed by atoms with E-state index < -0.39 is 10.0 Å². The van der Waals surface area contributed by atoms with E-state index in [1.54, 1.807) is 41.3 Å². The molecule has 4 rings (SSSR count). The third kappa shape index (κ3) is 4.13. The zero-order valence-electron chi connectivity index (χ0n) is 15.5. The van der Waals surface area contributed by atoms with Gasteiger partial charge in [-0.1, -0.05) is 54.1 Å². The van der Waals surface area contributed by atoms with Crippen LogP contribution in [-0.4, -0.2) is 25.8 Å². The molecule has 3 aromatic carbocycles. The number of rotatable bonds is 4. The summed E-state index contributed by atoms with van der Waals surface area (Å²) in [4.78, 5) is 14.8. The van der Waals surface area contributed by atoms with Crippen LogP contribution in [0, 0.1) is 0 Å². The Hall–Kier alpha value is -2.83. The van der Waals surface area contributed by atoms with E-state index in [0.29, 0.717) is 29.4 Å². The first-order valence-corrected chi connectivity index (χ1v) is 11.0. The summed E-state index contributed by atoms with van der Waals surface area (Å²) in [6, 6.07) is 20.7. The molecule has 1 amide bonds. The maximum atomic E-state index is 13.0. The summed E-state index contributed by atoms with van der Waals surface area (Å²) >= 11 is 6.05. The molecule has 0 aromatic heterocycles. The van der Waals surface area contributed by atoms with E-state index in [4.69, 9.17) is 11.6 Å². The van der Waals surface area contributed by atoms with Gasteiger partial charge in [-0.25, -0.2) is 8.42 Å². The number of nitrogens with zero attached hydrogens (tertiary/aromatic N) is 1. The molecular formula is C22H19ClN2O3S. The van der Waals surface area contributed by atoms with Crippen molar-refractivity contribution in [2.45, 2.75) is 17.9 Å². The van der Waals surface area contributed by atoms with Gasteiger partial charge in [0, 0.05) is 18.7 Å². The molecule has 0 saturated carbocycles. The lowest BCUT2D eigenvalue weighted by molar-refractivity contribution is 0.0734. The molecule has 1 N–H and O–H groups in total. The molecule has 3 aromatic rings. The molecule has 0 atom stereocenters. The van der Waals surface area contributed by atoms with Gasteiger partial charge >= 0.3 is 0 Å². The van der Waals surface area contributed by atoms with Crippen molar-refractivity contribution in [2.75, 3.05) is 11.3 Å². The Labute approximate surface area is 175 Å². The van der Waals surface area contributed by atoms with Crippen LogP contribution >= 0.6 is 11.6 Å². The fraction of sp³-hybridized carbons (Fsp3) is 0.136. The normalized spacial score (nSPS) is 13.6. The Morgan fingerprint density at radius 3 is 2.45 bits per heavy atom. The highest BCUT2D eigenvalue weighted by atomic mass is 35.5. The predicted octanol–water partition coefficient (Wildman–Crippen LogP) is 4.34. The Kier molecular flexibility index (Phi) is 5.30. The van der Waals surface area contributed by atoms with Crippen LogP contribution in [0.25, 0.3) is 0 Å². The Morgan fingerprint density at radius 2 is 1.66 bits per heavy atom. The first kappa shape index (κ1) is 19.5. The fourth-order valence-corrected chi connectivity index (χ4v) is 4.76. The number of benzene rings is 3. The fourth-order valence-electron chi connectivity index (χ4n) is 3.40. The molecule has 1 heterocycles. The quantitative estimate of drug-likeness (QED) is 0.674. The number of carbonyl (C=O) groups is 1. The minimum absolute atomic E-state index is 0.0145. The lowest BCUT2D eigenvalue weighted by Gasteiger charge is -2.29. The first-order chi connectivity index (χ1) is 13.9. The minimum atomic E-state index is -3.88. The minimum Gasteiger partial charge on any atom is -0.334 e. The summed E-state index contributed by atoms with van der Waals surface area (Å²) in [6.07, 6.45) is 0.786. The number of para-hydroxylation sites is 1. The number of anilines is 1. The maximum absolute atomic E-state index is 13.0. The van der Waals surface area contributed by atoms with Crippen molar-refractivity contribution < 1.29 is 13.2 Å². The van der Waals surface area contributed by atoms with Gasteiger partial charge in [0.25, 0.3) is 15.9 Å². The van der Waals surface area contributed by atoms with Crippen LogP contribution in [0.15, 0.2) is 77.7 Å². The highest BCUT2D eigenvalue weighted by Crippen LogP contribution is 2.25. The summed E-state index contributed by atoms with van der Waals surface area (Å²) in [7, 11) is -3.88. The predicted molar refractivity (Wildman–Crippen MR) is 114 cm³/mol. The zero-order chi connectivity index (χ0) is 20.4. The van der Waals surface area contributed by atoms with E-state index >= 15 is 0 Å². The molecule has 0 radical (unpaired) electrons. The molecule has 1 aliphatic rings. The highest BCUT2D eigenvalue weighted by molar-refractivity contribution is 7.92. The molecule has 0 aliphatic carbocycles. The molecule has 0 bridgehead atoms. The number of fused-ring (bicyclic) bond motifs is 1. The smallest absolute Gasteiger partial charge is 0.261 e. The van der Waals surface area contributed by atoms with E-state index in [2.05, 4.69) is 10.8 Å². The van der Waals surface area contributed by atoms with Crippen molar-refractivity contribution in [3.8, 4) is 0 Å². The van der Waals surface area contributed by atoms with Crippen molar-refractivity contribution in [1.82, 2.24) is 4.90 Å². The molecule has 0 saturated heterocycles. The summed E-state index contributed by atoms with van der Waals surface area (Å²) in [5, 5.41) is 0.301. The monoisotopic (exact) mass is 426 g/mol. The second-order valence-electron chi connectivity index (χ2n) is 6.86. The molecule has 0 unspecified atom stereocenters.